The van der Waals surface area contributed by atoms with E-state index in [0.29, 0.717) is 5.41 Å². The van der Waals surface area contributed by atoms with E-state index in [9.17, 15) is 0 Å². The van der Waals surface area contributed by atoms with E-state index >= 15 is 0 Å². The lowest BCUT2D eigenvalue weighted by Gasteiger charge is -2.39. The molecule has 1 N–H and O–H groups in total. The van der Waals surface area contributed by atoms with Crippen molar-refractivity contribution in [3.63, 3.8) is 0 Å². The predicted molar refractivity (Wildman–Crippen MR) is 46.7 cm³/mol. The van der Waals surface area contributed by atoms with Gasteiger partial charge in [0.05, 0.1) is 0 Å². The van der Waals surface area contributed by atoms with Crippen molar-refractivity contribution >= 4 is 0 Å². The molecular formula is C9H19NO. The lowest BCUT2D eigenvalue weighted by atomic mass is 9.79. The predicted octanol–water partition coefficient (Wildman–Crippen LogP) is 1.41. The van der Waals surface area contributed by atoms with E-state index in [2.05, 4.69) is 12.2 Å². The maximum absolute atomic E-state index is 4.99. The molecule has 1 aliphatic rings. The average Bonchev–Trinajstić information content (AvgIpc) is 1.95. The van der Waals surface area contributed by atoms with Gasteiger partial charge in [-0.25, -0.2) is 0 Å². The van der Waals surface area contributed by atoms with E-state index in [1.165, 1.54) is 32.4 Å². The van der Waals surface area contributed by atoms with Crippen LogP contribution < -0.4 is 5.32 Å². The SMILES string of the molecule is COCCCCC1(C)CNC1. The molecule has 0 unspecified atom stereocenters. The van der Waals surface area contributed by atoms with Crippen molar-refractivity contribution in [1.82, 2.24) is 5.32 Å². The summed E-state index contributed by atoms with van der Waals surface area (Å²) in [6, 6.07) is 0. The van der Waals surface area contributed by atoms with Crippen LogP contribution in [0.5, 0.6) is 0 Å². The summed E-state index contributed by atoms with van der Waals surface area (Å²) in [7, 11) is 1.77. The van der Waals surface area contributed by atoms with Crippen molar-refractivity contribution in [3.8, 4) is 0 Å². The van der Waals surface area contributed by atoms with Crippen LogP contribution in [-0.2, 0) is 4.74 Å². The smallest absolute Gasteiger partial charge is 0.0462 e. The number of unbranched alkanes of at least 4 members (excludes halogenated alkanes) is 1. The minimum Gasteiger partial charge on any atom is -0.385 e. The number of hydrogen-bond acceptors (Lipinski definition) is 2. The molecule has 1 rings (SSSR count). The first-order chi connectivity index (χ1) is 5.27. The third-order valence-corrected chi connectivity index (χ3v) is 2.48. The summed E-state index contributed by atoms with van der Waals surface area (Å²) in [5, 5.41) is 3.31. The summed E-state index contributed by atoms with van der Waals surface area (Å²) >= 11 is 0. The first kappa shape index (κ1) is 9.01. The molecule has 0 aliphatic carbocycles. The van der Waals surface area contributed by atoms with Crippen molar-refractivity contribution in [1.29, 1.82) is 0 Å². The van der Waals surface area contributed by atoms with Gasteiger partial charge in [0.1, 0.15) is 0 Å². The van der Waals surface area contributed by atoms with E-state index in [0.717, 1.165) is 6.61 Å². The Morgan fingerprint density at radius 2 is 2.09 bits per heavy atom. The Balaban J connectivity index is 1.94. The van der Waals surface area contributed by atoms with Gasteiger partial charge < -0.3 is 10.1 Å². The molecule has 0 saturated carbocycles. The van der Waals surface area contributed by atoms with Crippen molar-refractivity contribution in [2.45, 2.75) is 26.2 Å². The summed E-state index contributed by atoms with van der Waals surface area (Å²) in [4.78, 5) is 0. The maximum Gasteiger partial charge on any atom is 0.0462 e. The number of ether oxygens (including phenoxy) is 1. The number of hydrogen-bond donors (Lipinski definition) is 1. The van der Waals surface area contributed by atoms with Crippen LogP contribution in [0, 0.1) is 5.41 Å². The Bertz CT molecular complexity index is 110. The minimum atomic E-state index is 0.605. The normalized spacial score (nSPS) is 21.3. The Morgan fingerprint density at radius 1 is 1.36 bits per heavy atom. The molecule has 0 bridgehead atoms. The second-order valence-corrected chi connectivity index (χ2v) is 3.86. The lowest BCUT2D eigenvalue weighted by molar-refractivity contribution is 0.155. The Kier molecular flexibility index (Phi) is 3.34. The van der Waals surface area contributed by atoms with E-state index in [1.54, 1.807) is 7.11 Å². The van der Waals surface area contributed by atoms with Crippen LogP contribution in [0.1, 0.15) is 26.2 Å². The fraction of sp³-hybridized carbons (Fsp3) is 1.00. The summed E-state index contributed by atoms with van der Waals surface area (Å²) in [5.41, 5.74) is 0.605. The van der Waals surface area contributed by atoms with Gasteiger partial charge in [-0.3, -0.25) is 0 Å². The molecule has 0 atom stereocenters. The van der Waals surface area contributed by atoms with Crippen LogP contribution >= 0.6 is 0 Å². The highest BCUT2D eigenvalue weighted by molar-refractivity contribution is 4.87. The van der Waals surface area contributed by atoms with Crippen LogP contribution in [0.2, 0.25) is 0 Å². The Hall–Kier alpha value is -0.0800. The van der Waals surface area contributed by atoms with Gasteiger partial charge in [-0.15, -0.1) is 0 Å². The quantitative estimate of drug-likeness (QED) is 0.609. The first-order valence-corrected chi connectivity index (χ1v) is 4.46. The molecule has 0 amide bonds. The molecular weight excluding hydrogens is 138 g/mol. The molecule has 1 saturated heterocycles. The molecule has 0 aromatic heterocycles. The van der Waals surface area contributed by atoms with E-state index in [1.807, 2.05) is 0 Å². The topological polar surface area (TPSA) is 21.3 Å². The van der Waals surface area contributed by atoms with E-state index < -0.39 is 0 Å². The van der Waals surface area contributed by atoms with Crippen molar-refractivity contribution < 1.29 is 4.74 Å². The van der Waals surface area contributed by atoms with Crippen LogP contribution in [0.15, 0.2) is 0 Å². The Labute approximate surface area is 69.3 Å². The first-order valence-electron chi connectivity index (χ1n) is 4.46. The standard InChI is InChI=1S/C9H19NO/c1-9(7-10-8-9)5-3-4-6-11-2/h10H,3-8H2,1-2H3. The molecule has 2 nitrogen and oxygen atoms in total. The largest absolute Gasteiger partial charge is 0.385 e. The number of rotatable bonds is 5. The molecule has 1 heterocycles. The van der Waals surface area contributed by atoms with Gasteiger partial charge in [0.15, 0.2) is 0 Å². The fourth-order valence-electron chi connectivity index (χ4n) is 1.53. The summed E-state index contributed by atoms with van der Waals surface area (Å²) < 4.78 is 4.99. The van der Waals surface area contributed by atoms with Gasteiger partial charge in [0, 0.05) is 26.8 Å². The number of nitrogens with one attached hydrogen (secondary N) is 1. The van der Waals surface area contributed by atoms with Gasteiger partial charge in [0.25, 0.3) is 0 Å². The molecule has 0 aromatic carbocycles. The van der Waals surface area contributed by atoms with Gasteiger partial charge in [-0.2, -0.15) is 0 Å². The van der Waals surface area contributed by atoms with Crippen LogP contribution in [0.4, 0.5) is 0 Å². The fourth-order valence-corrected chi connectivity index (χ4v) is 1.53. The zero-order chi connectivity index (χ0) is 8.16. The number of methoxy groups -OCH3 is 1. The highest BCUT2D eigenvalue weighted by Gasteiger charge is 2.30. The minimum absolute atomic E-state index is 0.605. The molecule has 0 spiro atoms. The van der Waals surface area contributed by atoms with Crippen molar-refractivity contribution in [2.75, 3.05) is 26.8 Å². The summed E-state index contributed by atoms with van der Waals surface area (Å²) in [5.74, 6) is 0. The molecule has 0 radical (unpaired) electrons. The molecule has 2 heteroatoms. The summed E-state index contributed by atoms with van der Waals surface area (Å²) in [6.45, 7) is 5.69. The highest BCUT2D eigenvalue weighted by atomic mass is 16.5. The average molecular weight is 157 g/mol. The maximum atomic E-state index is 4.99. The second kappa shape index (κ2) is 4.07. The van der Waals surface area contributed by atoms with Gasteiger partial charge >= 0.3 is 0 Å². The monoisotopic (exact) mass is 157 g/mol. The third kappa shape index (κ3) is 2.80. The van der Waals surface area contributed by atoms with Gasteiger partial charge in [-0.05, 0) is 18.3 Å². The van der Waals surface area contributed by atoms with Gasteiger partial charge in [-0.1, -0.05) is 13.3 Å². The van der Waals surface area contributed by atoms with E-state index in [-0.39, 0.29) is 0 Å². The van der Waals surface area contributed by atoms with Crippen LogP contribution in [-0.4, -0.2) is 26.8 Å². The van der Waals surface area contributed by atoms with Crippen molar-refractivity contribution in [2.24, 2.45) is 5.41 Å². The molecule has 1 fully saturated rings. The molecule has 1 aliphatic heterocycles. The highest BCUT2D eigenvalue weighted by Crippen LogP contribution is 2.27. The molecule has 0 aromatic rings. The second-order valence-electron chi connectivity index (χ2n) is 3.86. The molecule has 66 valence electrons. The Morgan fingerprint density at radius 3 is 2.55 bits per heavy atom. The molecule has 11 heavy (non-hydrogen) atoms. The van der Waals surface area contributed by atoms with Crippen LogP contribution in [0.25, 0.3) is 0 Å². The zero-order valence-electron chi connectivity index (χ0n) is 7.65. The lowest BCUT2D eigenvalue weighted by Crippen LogP contribution is -2.51. The van der Waals surface area contributed by atoms with E-state index in [4.69, 9.17) is 4.74 Å². The third-order valence-electron chi connectivity index (χ3n) is 2.48. The van der Waals surface area contributed by atoms with Gasteiger partial charge in [0.2, 0.25) is 0 Å². The van der Waals surface area contributed by atoms with Crippen molar-refractivity contribution in [3.05, 3.63) is 0 Å². The van der Waals surface area contributed by atoms with Crippen LogP contribution in [0.3, 0.4) is 0 Å². The zero-order valence-corrected chi connectivity index (χ0v) is 7.65. The summed E-state index contributed by atoms with van der Waals surface area (Å²) in [6.07, 6.45) is 3.88.